The van der Waals surface area contributed by atoms with E-state index in [0.717, 1.165) is 19.3 Å². The van der Waals surface area contributed by atoms with Crippen molar-refractivity contribution >= 4 is 23.0 Å². The van der Waals surface area contributed by atoms with Crippen LogP contribution in [0.3, 0.4) is 0 Å². The number of methoxy groups -OCH3 is 1. The van der Waals surface area contributed by atoms with Crippen molar-refractivity contribution < 1.29 is 23.5 Å². The molecule has 0 saturated heterocycles. The molecule has 1 aliphatic carbocycles. The van der Waals surface area contributed by atoms with Crippen LogP contribution in [0.15, 0.2) is 27.4 Å². The van der Waals surface area contributed by atoms with E-state index in [9.17, 15) is 14.4 Å². The Morgan fingerprint density at radius 1 is 1.21 bits per heavy atom. The third kappa shape index (κ3) is 4.23. The Kier molecular flexibility index (Phi) is 6.15. The van der Waals surface area contributed by atoms with Gasteiger partial charge in [0.1, 0.15) is 12.1 Å². The maximum Gasteiger partial charge on any atom is 0.420 e. The van der Waals surface area contributed by atoms with Gasteiger partial charge in [0.05, 0.1) is 18.2 Å². The molecule has 4 atom stereocenters. The van der Waals surface area contributed by atoms with Gasteiger partial charge in [-0.3, -0.25) is 4.57 Å². The molecule has 1 heterocycles. The van der Waals surface area contributed by atoms with Gasteiger partial charge in [-0.05, 0) is 55.7 Å². The fourth-order valence-corrected chi connectivity index (χ4v) is 4.25. The molecule has 7 nitrogen and oxygen atoms in total. The molecule has 1 aromatic heterocycles. The van der Waals surface area contributed by atoms with Gasteiger partial charge in [-0.2, -0.15) is 0 Å². The van der Waals surface area contributed by atoms with Crippen LogP contribution in [-0.4, -0.2) is 29.7 Å². The summed E-state index contributed by atoms with van der Waals surface area (Å²) in [4.78, 5) is 37.0. The predicted molar refractivity (Wildman–Crippen MR) is 108 cm³/mol. The van der Waals surface area contributed by atoms with Crippen molar-refractivity contribution in [3.63, 3.8) is 0 Å². The summed E-state index contributed by atoms with van der Waals surface area (Å²) in [5, 5.41) is 0. The molecular weight excluding hydrogens is 374 g/mol. The SMILES string of the molecule is COC(=O)c1ccc2c(c1)oc(=O)n2C(C)C(=O)OC1CC(C)CCC1C(C)C. The van der Waals surface area contributed by atoms with Gasteiger partial charge in [-0.25, -0.2) is 14.4 Å². The monoisotopic (exact) mass is 403 g/mol. The predicted octanol–water partition coefficient (Wildman–Crippen LogP) is 3.95. The van der Waals surface area contributed by atoms with E-state index in [2.05, 4.69) is 20.8 Å². The Balaban J connectivity index is 1.85. The number of esters is 2. The number of nitrogens with zero attached hydrogens (tertiary/aromatic N) is 1. The van der Waals surface area contributed by atoms with Crippen LogP contribution in [0.2, 0.25) is 0 Å². The smallest absolute Gasteiger partial charge is 0.420 e. The normalized spacial score (nSPS) is 23.2. The van der Waals surface area contributed by atoms with Crippen molar-refractivity contribution in [2.45, 2.75) is 59.1 Å². The van der Waals surface area contributed by atoms with Gasteiger partial charge in [0.15, 0.2) is 5.58 Å². The number of rotatable bonds is 5. The van der Waals surface area contributed by atoms with Crippen molar-refractivity contribution in [2.75, 3.05) is 7.11 Å². The summed E-state index contributed by atoms with van der Waals surface area (Å²) in [6.45, 7) is 8.10. The lowest BCUT2D eigenvalue weighted by atomic mass is 9.75. The molecule has 4 unspecified atom stereocenters. The third-order valence-electron chi connectivity index (χ3n) is 5.99. The average molecular weight is 403 g/mol. The second kappa shape index (κ2) is 8.43. The topological polar surface area (TPSA) is 87.7 Å². The summed E-state index contributed by atoms with van der Waals surface area (Å²) >= 11 is 0. The van der Waals surface area contributed by atoms with E-state index < -0.39 is 23.7 Å². The van der Waals surface area contributed by atoms with Crippen molar-refractivity contribution in [2.24, 2.45) is 17.8 Å². The summed E-state index contributed by atoms with van der Waals surface area (Å²) in [6, 6.07) is 3.72. The molecular formula is C22H29NO6. The Morgan fingerprint density at radius 2 is 1.93 bits per heavy atom. The highest BCUT2D eigenvalue weighted by atomic mass is 16.5. The van der Waals surface area contributed by atoms with Crippen LogP contribution in [0.1, 0.15) is 63.4 Å². The second-order valence-electron chi connectivity index (χ2n) is 8.39. The highest BCUT2D eigenvalue weighted by Gasteiger charge is 2.35. The highest BCUT2D eigenvalue weighted by Crippen LogP contribution is 2.36. The maximum absolute atomic E-state index is 12.9. The molecule has 29 heavy (non-hydrogen) atoms. The number of ether oxygens (including phenoxy) is 2. The molecule has 7 heteroatoms. The Hall–Kier alpha value is -2.57. The van der Waals surface area contributed by atoms with Crippen LogP contribution in [-0.2, 0) is 14.3 Å². The number of hydrogen-bond donors (Lipinski definition) is 0. The molecule has 1 saturated carbocycles. The zero-order valence-corrected chi connectivity index (χ0v) is 17.6. The fraction of sp³-hybridized carbons (Fsp3) is 0.591. The molecule has 158 valence electrons. The molecule has 1 fully saturated rings. The summed E-state index contributed by atoms with van der Waals surface area (Å²) in [5.74, 6) is -0.388. The maximum atomic E-state index is 12.9. The van der Waals surface area contributed by atoms with Crippen LogP contribution in [0, 0.1) is 17.8 Å². The van der Waals surface area contributed by atoms with E-state index in [-0.39, 0.29) is 17.3 Å². The Morgan fingerprint density at radius 3 is 2.59 bits per heavy atom. The zero-order valence-electron chi connectivity index (χ0n) is 17.6. The largest absolute Gasteiger partial charge is 0.465 e. The van der Waals surface area contributed by atoms with E-state index in [1.54, 1.807) is 13.0 Å². The van der Waals surface area contributed by atoms with Crippen molar-refractivity contribution in [3.05, 3.63) is 34.3 Å². The minimum atomic E-state index is -0.835. The third-order valence-corrected chi connectivity index (χ3v) is 5.99. The van der Waals surface area contributed by atoms with Gasteiger partial charge in [-0.1, -0.05) is 27.2 Å². The number of carbonyl (C=O) groups is 2. The van der Waals surface area contributed by atoms with E-state index in [1.165, 1.54) is 23.8 Å². The van der Waals surface area contributed by atoms with Crippen molar-refractivity contribution in [1.29, 1.82) is 0 Å². The molecule has 0 bridgehead atoms. The van der Waals surface area contributed by atoms with E-state index in [1.807, 2.05) is 0 Å². The van der Waals surface area contributed by atoms with E-state index in [4.69, 9.17) is 13.9 Å². The molecule has 2 aromatic rings. The Bertz CT molecular complexity index is 956. The molecule has 1 aromatic carbocycles. The molecule has 3 rings (SSSR count). The fourth-order valence-electron chi connectivity index (χ4n) is 4.25. The van der Waals surface area contributed by atoms with Gasteiger partial charge in [0.2, 0.25) is 0 Å². The molecule has 0 N–H and O–H groups in total. The average Bonchev–Trinajstić information content (AvgIpc) is 3.01. The van der Waals surface area contributed by atoms with Crippen LogP contribution in [0.5, 0.6) is 0 Å². The van der Waals surface area contributed by atoms with Crippen LogP contribution < -0.4 is 5.76 Å². The molecule has 1 aliphatic rings. The van der Waals surface area contributed by atoms with Crippen LogP contribution in [0.25, 0.3) is 11.1 Å². The number of carbonyl (C=O) groups excluding carboxylic acids is 2. The van der Waals surface area contributed by atoms with Gasteiger partial charge in [-0.15, -0.1) is 0 Å². The molecule has 0 spiro atoms. The molecule has 0 amide bonds. The first-order valence-corrected chi connectivity index (χ1v) is 10.2. The minimum Gasteiger partial charge on any atom is -0.465 e. The number of aromatic nitrogens is 1. The van der Waals surface area contributed by atoms with Gasteiger partial charge < -0.3 is 13.9 Å². The second-order valence-corrected chi connectivity index (χ2v) is 8.39. The van der Waals surface area contributed by atoms with E-state index in [0.29, 0.717) is 23.3 Å². The summed E-state index contributed by atoms with van der Waals surface area (Å²) in [6.07, 6.45) is 2.87. The molecule has 0 radical (unpaired) electrons. The minimum absolute atomic E-state index is 0.145. The standard InChI is InChI=1S/C22H29NO6/c1-12(2)16-8-6-13(3)10-18(16)28-20(24)14(4)23-17-9-7-15(21(25)27-5)11-19(17)29-22(23)26/h7,9,11-14,16,18H,6,8,10H2,1-5H3. The van der Waals surface area contributed by atoms with Crippen molar-refractivity contribution in [3.8, 4) is 0 Å². The quantitative estimate of drug-likeness (QED) is 0.703. The van der Waals surface area contributed by atoms with Crippen LogP contribution in [0.4, 0.5) is 0 Å². The number of fused-ring (bicyclic) bond motifs is 1. The summed E-state index contributed by atoms with van der Waals surface area (Å²) in [7, 11) is 1.28. The number of oxazole rings is 1. The summed E-state index contributed by atoms with van der Waals surface area (Å²) < 4.78 is 17.1. The lowest BCUT2D eigenvalue weighted by molar-refractivity contribution is -0.159. The first-order valence-electron chi connectivity index (χ1n) is 10.2. The molecule has 0 aliphatic heterocycles. The Labute approximate surface area is 170 Å². The van der Waals surface area contributed by atoms with E-state index >= 15 is 0 Å². The lowest BCUT2D eigenvalue weighted by Crippen LogP contribution is -2.38. The van der Waals surface area contributed by atoms with Crippen molar-refractivity contribution in [1.82, 2.24) is 4.57 Å². The van der Waals surface area contributed by atoms with Crippen LogP contribution >= 0.6 is 0 Å². The van der Waals surface area contributed by atoms with Gasteiger partial charge in [0, 0.05) is 0 Å². The highest BCUT2D eigenvalue weighted by molar-refractivity contribution is 5.93. The van der Waals surface area contributed by atoms with Gasteiger partial charge >= 0.3 is 17.7 Å². The lowest BCUT2D eigenvalue weighted by Gasteiger charge is -2.37. The first-order chi connectivity index (χ1) is 13.7. The van der Waals surface area contributed by atoms with Gasteiger partial charge in [0.25, 0.3) is 0 Å². The number of hydrogen-bond acceptors (Lipinski definition) is 6. The number of benzene rings is 1. The first kappa shape index (κ1) is 21.1. The zero-order chi connectivity index (χ0) is 21.3. The summed E-state index contributed by atoms with van der Waals surface area (Å²) in [5.41, 5.74) is 0.931.